The molecular formula is C11H19ClN2OS. The standard InChI is InChI=1S/C11H18N2OS.ClH/c1-8(7-12-3)11(14)13-9(2)10-5-4-6-15-10;/h4-6,8-9,12H,7H2,1-3H3,(H,13,14);1H. The van der Waals surface area contributed by atoms with Crippen molar-refractivity contribution >= 4 is 29.7 Å². The summed E-state index contributed by atoms with van der Waals surface area (Å²) in [6, 6.07) is 4.15. The van der Waals surface area contributed by atoms with E-state index >= 15 is 0 Å². The van der Waals surface area contributed by atoms with Gasteiger partial charge in [0, 0.05) is 17.3 Å². The zero-order valence-corrected chi connectivity index (χ0v) is 11.5. The summed E-state index contributed by atoms with van der Waals surface area (Å²) in [5.41, 5.74) is 0. The summed E-state index contributed by atoms with van der Waals surface area (Å²) in [5.74, 6) is 0.114. The highest BCUT2D eigenvalue weighted by atomic mass is 35.5. The highest BCUT2D eigenvalue weighted by Crippen LogP contribution is 2.18. The van der Waals surface area contributed by atoms with Crippen LogP contribution < -0.4 is 10.6 Å². The molecule has 2 N–H and O–H groups in total. The van der Waals surface area contributed by atoms with Crippen molar-refractivity contribution < 1.29 is 4.79 Å². The number of amides is 1. The Hall–Kier alpha value is -0.580. The summed E-state index contributed by atoms with van der Waals surface area (Å²) < 4.78 is 0. The molecule has 92 valence electrons. The van der Waals surface area contributed by atoms with Gasteiger partial charge in [0.1, 0.15) is 0 Å². The minimum absolute atomic E-state index is 0. The first-order valence-corrected chi connectivity index (χ1v) is 6.01. The lowest BCUT2D eigenvalue weighted by Gasteiger charge is -2.16. The van der Waals surface area contributed by atoms with Crippen LogP contribution in [0.4, 0.5) is 0 Å². The zero-order chi connectivity index (χ0) is 11.3. The maximum atomic E-state index is 11.7. The van der Waals surface area contributed by atoms with Crippen LogP contribution in [0, 0.1) is 5.92 Å². The first-order valence-electron chi connectivity index (χ1n) is 5.13. The highest BCUT2D eigenvalue weighted by Gasteiger charge is 2.15. The average Bonchev–Trinajstić information content (AvgIpc) is 2.70. The van der Waals surface area contributed by atoms with Gasteiger partial charge in [-0.1, -0.05) is 13.0 Å². The molecule has 0 aromatic carbocycles. The van der Waals surface area contributed by atoms with Crippen LogP contribution in [-0.4, -0.2) is 19.5 Å². The van der Waals surface area contributed by atoms with E-state index in [1.165, 1.54) is 4.88 Å². The van der Waals surface area contributed by atoms with Crippen LogP contribution in [0.5, 0.6) is 0 Å². The van der Waals surface area contributed by atoms with Gasteiger partial charge in [0.05, 0.1) is 6.04 Å². The van der Waals surface area contributed by atoms with Crippen LogP contribution in [0.3, 0.4) is 0 Å². The maximum absolute atomic E-state index is 11.7. The third-order valence-electron chi connectivity index (χ3n) is 2.29. The summed E-state index contributed by atoms with van der Waals surface area (Å²) in [4.78, 5) is 12.9. The molecule has 3 nitrogen and oxygen atoms in total. The summed E-state index contributed by atoms with van der Waals surface area (Å²) in [5, 5.41) is 8.02. The Morgan fingerprint density at radius 3 is 2.69 bits per heavy atom. The first-order chi connectivity index (χ1) is 7.15. The van der Waals surface area contributed by atoms with E-state index in [0.29, 0.717) is 6.54 Å². The second kappa shape index (κ2) is 7.65. The van der Waals surface area contributed by atoms with E-state index in [2.05, 4.69) is 10.6 Å². The van der Waals surface area contributed by atoms with Gasteiger partial charge in [-0.15, -0.1) is 23.7 Å². The van der Waals surface area contributed by atoms with E-state index in [4.69, 9.17) is 0 Å². The van der Waals surface area contributed by atoms with Gasteiger partial charge in [-0.05, 0) is 25.4 Å². The number of nitrogens with one attached hydrogen (secondary N) is 2. The number of rotatable bonds is 5. The van der Waals surface area contributed by atoms with Crippen molar-refractivity contribution in [2.45, 2.75) is 19.9 Å². The number of thiophene rings is 1. The summed E-state index contributed by atoms with van der Waals surface area (Å²) >= 11 is 1.67. The Morgan fingerprint density at radius 1 is 1.50 bits per heavy atom. The van der Waals surface area contributed by atoms with E-state index < -0.39 is 0 Å². The predicted octanol–water partition coefficient (Wildman–Crippen LogP) is 2.20. The smallest absolute Gasteiger partial charge is 0.224 e. The normalized spacial score (nSPS) is 13.7. The van der Waals surface area contributed by atoms with Gasteiger partial charge in [0.2, 0.25) is 5.91 Å². The Bertz CT molecular complexity index is 303. The number of carbonyl (C=O) groups excluding carboxylic acids is 1. The summed E-state index contributed by atoms with van der Waals surface area (Å²) in [7, 11) is 1.85. The zero-order valence-electron chi connectivity index (χ0n) is 9.82. The van der Waals surface area contributed by atoms with Crippen LogP contribution in [0.25, 0.3) is 0 Å². The Labute approximate surface area is 107 Å². The molecule has 1 aromatic heterocycles. The van der Waals surface area contributed by atoms with Crippen molar-refractivity contribution in [3.63, 3.8) is 0 Å². The Balaban J connectivity index is 0.00000225. The minimum Gasteiger partial charge on any atom is -0.348 e. The molecule has 5 heteroatoms. The molecule has 0 bridgehead atoms. The molecule has 0 aliphatic carbocycles. The molecule has 0 saturated heterocycles. The fourth-order valence-corrected chi connectivity index (χ4v) is 2.10. The van der Waals surface area contributed by atoms with Crippen molar-refractivity contribution in [1.82, 2.24) is 10.6 Å². The third-order valence-corrected chi connectivity index (χ3v) is 3.34. The lowest BCUT2D eigenvalue weighted by atomic mass is 10.1. The second-order valence-corrected chi connectivity index (χ2v) is 4.68. The predicted molar refractivity (Wildman–Crippen MR) is 71.2 cm³/mol. The number of carbonyl (C=O) groups is 1. The molecule has 2 unspecified atom stereocenters. The van der Waals surface area contributed by atoms with Crippen LogP contribution in [0.15, 0.2) is 17.5 Å². The van der Waals surface area contributed by atoms with Gasteiger partial charge < -0.3 is 10.6 Å². The van der Waals surface area contributed by atoms with Gasteiger partial charge in [0.25, 0.3) is 0 Å². The molecule has 1 heterocycles. The SMILES string of the molecule is CNCC(C)C(=O)NC(C)c1cccs1.Cl. The minimum atomic E-state index is 0. The van der Waals surface area contributed by atoms with Crippen molar-refractivity contribution in [1.29, 1.82) is 0 Å². The average molecular weight is 263 g/mol. The van der Waals surface area contributed by atoms with Crippen molar-refractivity contribution in [3.8, 4) is 0 Å². The van der Waals surface area contributed by atoms with E-state index in [1.54, 1.807) is 11.3 Å². The Kier molecular flexibility index (Phi) is 7.38. The molecule has 0 radical (unpaired) electrons. The first kappa shape index (κ1) is 15.4. The number of hydrogen-bond donors (Lipinski definition) is 2. The monoisotopic (exact) mass is 262 g/mol. The van der Waals surface area contributed by atoms with Crippen LogP contribution >= 0.6 is 23.7 Å². The van der Waals surface area contributed by atoms with Crippen LogP contribution in [0.1, 0.15) is 24.8 Å². The maximum Gasteiger partial charge on any atom is 0.224 e. The molecule has 0 spiro atoms. The molecule has 0 saturated carbocycles. The molecule has 1 rings (SSSR count). The van der Waals surface area contributed by atoms with Crippen LogP contribution in [0.2, 0.25) is 0 Å². The van der Waals surface area contributed by atoms with E-state index in [0.717, 1.165) is 0 Å². The van der Waals surface area contributed by atoms with Crippen molar-refractivity contribution in [2.24, 2.45) is 5.92 Å². The lowest BCUT2D eigenvalue weighted by molar-refractivity contribution is -0.125. The van der Waals surface area contributed by atoms with Crippen molar-refractivity contribution in [2.75, 3.05) is 13.6 Å². The molecule has 16 heavy (non-hydrogen) atoms. The Morgan fingerprint density at radius 2 is 2.19 bits per heavy atom. The lowest BCUT2D eigenvalue weighted by Crippen LogP contribution is -2.35. The third kappa shape index (κ3) is 4.51. The summed E-state index contributed by atoms with van der Waals surface area (Å²) in [6.45, 7) is 4.64. The second-order valence-electron chi connectivity index (χ2n) is 3.70. The highest BCUT2D eigenvalue weighted by molar-refractivity contribution is 7.10. The van der Waals surface area contributed by atoms with Crippen LogP contribution in [-0.2, 0) is 4.79 Å². The van der Waals surface area contributed by atoms with Gasteiger partial charge in [-0.3, -0.25) is 4.79 Å². The molecule has 1 amide bonds. The molecule has 0 aliphatic heterocycles. The molecule has 0 fully saturated rings. The fourth-order valence-electron chi connectivity index (χ4n) is 1.36. The largest absolute Gasteiger partial charge is 0.348 e. The van der Waals surface area contributed by atoms with E-state index in [1.807, 2.05) is 38.4 Å². The van der Waals surface area contributed by atoms with Gasteiger partial charge in [-0.2, -0.15) is 0 Å². The number of hydrogen-bond acceptors (Lipinski definition) is 3. The van der Waals surface area contributed by atoms with E-state index in [9.17, 15) is 4.79 Å². The number of halogens is 1. The molecule has 2 atom stereocenters. The molecule has 1 aromatic rings. The summed E-state index contributed by atoms with van der Waals surface area (Å²) in [6.07, 6.45) is 0. The van der Waals surface area contributed by atoms with E-state index in [-0.39, 0.29) is 30.3 Å². The fraction of sp³-hybridized carbons (Fsp3) is 0.545. The van der Waals surface area contributed by atoms with Gasteiger partial charge in [0.15, 0.2) is 0 Å². The quantitative estimate of drug-likeness (QED) is 0.854. The van der Waals surface area contributed by atoms with Gasteiger partial charge >= 0.3 is 0 Å². The topological polar surface area (TPSA) is 41.1 Å². The molecular weight excluding hydrogens is 244 g/mol. The van der Waals surface area contributed by atoms with Crippen molar-refractivity contribution in [3.05, 3.63) is 22.4 Å². The molecule has 0 aliphatic rings. The van der Waals surface area contributed by atoms with Gasteiger partial charge in [-0.25, -0.2) is 0 Å².